The van der Waals surface area contributed by atoms with Gasteiger partial charge in [0, 0.05) is 47.8 Å². The van der Waals surface area contributed by atoms with E-state index < -0.39 is 5.97 Å². The number of hydrogen-bond donors (Lipinski definition) is 1. The molecule has 37 heavy (non-hydrogen) atoms. The molecule has 3 aromatic rings. The number of carboxylic acids is 1. The second kappa shape index (κ2) is 10.2. The summed E-state index contributed by atoms with van der Waals surface area (Å²) in [6.45, 7) is 6.32. The average Bonchev–Trinajstić information content (AvgIpc) is 3.14. The fraction of sp³-hybridized carbons (Fsp3) is 0.531. The number of likely N-dealkylation sites (tertiary alicyclic amines) is 1. The fourth-order valence-corrected chi connectivity index (χ4v) is 7.33. The van der Waals surface area contributed by atoms with Crippen LogP contribution in [0, 0.1) is 6.92 Å². The minimum absolute atomic E-state index is 0.383. The van der Waals surface area contributed by atoms with E-state index in [9.17, 15) is 9.90 Å². The predicted molar refractivity (Wildman–Crippen MR) is 152 cm³/mol. The molecular formula is C32H41N3O2. The van der Waals surface area contributed by atoms with Gasteiger partial charge in [0.25, 0.3) is 0 Å². The Hall–Kier alpha value is -2.79. The number of aromatic carboxylic acids is 1. The van der Waals surface area contributed by atoms with Crippen LogP contribution >= 0.6 is 0 Å². The summed E-state index contributed by atoms with van der Waals surface area (Å²) in [5, 5.41) is 11.0. The molecule has 1 N–H and O–H groups in total. The summed E-state index contributed by atoms with van der Waals surface area (Å²) in [7, 11) is 2.29. The largest absolute Gasteiger partial charge is 0.478 e. The first-order valence-electron chi connectivity index (χ1n) is 14.5. The van der Waals surface area contributed by atoms with Crippen LogP contribution in [-0.4, -0.2) is 53.3 Å². The molecule has 5 nitrogen and oxygen atoms in total. The second-order valence-electron chi connectivity index (χ2n) is 11.7. The number of anilines is 1. The van der Waals surface area contributed by atoms with Crippen molar-refractivity contribution in [2.24, 2.45) is 0 Å². The third-order valence-corrected chi connectivity index (χ3v) is 9.36. The van der Waals surface area contributed by atoms with Crippen molar-refractivity contribution >= 4 is 22.6 Å². The Kier molecular flexibility index (Phi) is 6.74. The Balaban J connectivity index is 1.47. The van der Waals surface area contributed by atoms with Gasteiger partial charge in [0.2, 0.25) is 0 Å². The highest BCUT2D eigenvalue weighted by Crippen LogP contribution is 2.47. The molecular weight excluding hydrogens is 458 g/mol. The first-order chi connectivity index (χ1) is 18.0. The summed E-state index contributed by atoms with van der Waals surface area (Å²) in [6, 6.07) is 13.5. The maximum absolute atomic E-state index is 11.9. The number of benzene rings is 2. The first-order valence-corrected chi connectivity index (χ1v) is 14.5. The molecule has 1 saturated heterocycles. The summed E-state index contributed by atoms with van der Waals surface area (Å²) < 4.78 is 2.46. The zero-order valence-corrected chi connectivity index (χ0v) is 22.5. The van der Waals surface area contributed by atoms with Crippen molar-refractivity contribution in [1.29, 1.82) is 0 Å². The normalized spacial score (nSPS) is 21.0. The van der Waals surface area contributed by atoms with Gasteiger partial charge in [0.15, 0.2) is 0 Å². The maximum Gasteiger partial charge on any atom is 0.335 e. The molecule has 1 saturated carbocycles. The van der Waals surface area contributed by atoms with E-state index in [1.807, 2.05) is 6.07 Å². The lowest BCUT2D eigenvalue weighted by Gasteiger charge is -2.35. The number of carbonyl (C=O) groups is 1. The molecule has 2 aromatic carbocycles. The van der Waals surface area contributed by atoms with E-state index in [-0.39, 0.29) is 0 Å². The third-order valence-electron chi connectivity index (χ3n) is 9.36. The Morgan fingerprint density at radius 2 is 1.76 bits per heavy atom. The predicted octanol–water partition coefficient (Wildman–Crippen LogP) is 7.06. The van der Waals surface area contributed by atoms with E-state index in [1.54, 1.807) is 6.07 Å². The zero-order valence-electron chi connectivity index (χ0n) is 22.5. The molecule has 2 aliphatic heterocycles. The number of aromatic nitrogens is 1. The topological polar surface area (TPSA) is 48.7 Å². The number of fused-ring (bicyclic) bond motifs is 5. The van der Waals surface area contributed by atoms with Gasteiger partial charge < -0.3 is 19.5 Å². The highest BCUT2D eigenvalue weighted by molar-refractivity contribution is 5.99. The third kappa shape index (κ3) is 4.56. The minimum atomic E-state index is -0.848. The van der Waals surface area contributed by atoms with Crippen LogP contribution in [-0.2, 0) is 6.54 Å². The summed E-state index contributed by atoms with van der Waals surface area (Å²) in [6.07, 6.45) is 11.5. The number of aryl methyl sites for hydroxylation is 1. The number of carboxylic acid groups (broad SMARTS) is 1. The molecule has 2 fully saturated rings. The second-order valence-corrected chi connectivity index (χ2v) is 11.7. The summed E-state index contributed by atoms with van der Waals surface area (Å²) >= 11 is 0. The van der Waals surface area contributed by atoms with Gasteiger partial charge in [-0.3, -0.25) is 0 Å². The summed E-state index contributed by atoms with van der Waals surface area (Å²) in [4.78, 5) is 17.1. The number of piperidine rings is 1. The van der Waals surface area contributed by atoms with Gasteiger partial charge in [-0.15, -0.1) is 0 Å². The highest BCUT2D eigenvalue weighted by atomic mass is 16.4. The van der Waals surface area contributed by atoms with Crippen molar-refractivity contribution in [3.63, 3.8) is 0 Å². The molecule has 1 unspecified atom stereocenters. The van der Waals surface area contributed by atoms with Crippen molar-refractivity contribution in [2.45, 2.75) is 83.2 Å². The average molecular weight is 500 g/mol. The van der Waals surface area contributed by atoms with Crippen molar-refractivity contribution < 1.29 is 9.90 Å². The van der Waals surface area contributed by atoms with E-state index in [0.29, 0.717) is 17.5 Å². The van der Waals surface area contributed by atoms with E-state index in [1.165, 1.54) is 97.8 Å². The molecule has 1 aromatic heterocycles. The standard InChI is InChI=1S/C32H41N3O2/c1-22-11-13-27-28(20-22)34(17-15-25-10-6-7-16-33(25)2)18-19-35-29-21-24(32(36)37)12-14-26(29)30(31(27)35)23-8-4-3-5-9-23/h11-14,20-21,23,25H,3-10,15-19H2,1-2H3,(H,36,37). The van der Waals surface area contributed by atoms with Gasteiger partial charge in [-0.2, -0.15) is 0 Å². The molecule has 196 valence electrons. The monoisotopic (exact) mass is 499 g/mol. The van der Waals surface area contributed by atoms with E-state index in [0.717, 1.165) is 25.2 Å². The lowest BCUT2D eigenvalue weighted by atomic mass is 9.81. The molecule has 0 amide bonds. The van der Waals surface area contributed by atoms with E-state index in [2.05, 4.69) is 52.6 Å². The van der Waals surface area contributed by atoms with E-state index in [4.69, 9.17) is 0 Å². The van der Waals surface area contributed by atoms with Crippen molar-refractivity contribution in [1.82, 2.24) is 9.47 Å². The number of hydrogen-bond acceptors (Lipinski definition) is 3. The summed E-state index contributed by atoms with van der Waals surface area (Å²) in [5.41, 5.74) is 8.27. The molecule has 6 rings (SSSR count). The maximum atomic E-state index is 11.9. The Bertz CT molecular complexity index is 1300. The zero-order chi connectivity index (χ0) is 25.5. The van der Waals surface area contributed by atoms with Crippen LogP contribution in [0.2, 0.25) is 0 Å². The van der Waals surface area contributed by atoms with Gasteiger partial charge in [0.05, 0.1) is 11.3 Å². The molecule has 0 bridgehead atoms. The SMILES string of the molecule is Cc1ccc2c(c1)N(CCC1CCCCN1C)CCn1c-2c(C2CCCCC2)c2ccc(C(=O)O)cc21. The molecule has 3 heterocycles. The van der Waals surface area contributed by atoms with Crippen LogP contribution in [0.15, 0.2) is 36.4 Å². The Morgan fingerprint density at radius 1 is 0.946 bits per heavy atom. The highest BCUT2D eigenvalue weighted by Gasteiger charge is 2.31. The minimum Gasteiger partial charge on any atom is -0.478 e. The smallest absolute Gasteiger partial charge is 0.335 e. The Morgan fingerprint density at radius 3 is 2.54 bits per heavy atom. The van der Waals surface area contributed by atoms with Crippen LogP contribution < -0.4 is 4.90 Å². The van der Waals surface area contributed by atoms with Gasteiger partial charge in [-0.05, 0) is 87.9 Å². The van der Waals surface area contributed by atoms with Crippen molar-refractivity contribution in [3.05, 3.63) is 53.1 Å². The van der Waals surface area contributed by atoms with Gasteiger partial charge >= 0.3 is 5.97 Å². The Labute approximate surface area is 221 Å². The van der Waals surface area contributed by atoms with Crippen LogP contribution in [0.25, 0.3) is 22.2 Å². The lowest BCUT2D eigenvalue weighted by molar-refractivity contribution is 0.0697. The van der Waals surface area contributed by atoms with Crippen molar-refractivity contribution in [2.75, 3.05) is 31.6 Å². The van der Waals surface area contributed by atoms with Crippen LogP contribution in [0.5, 0.6) is 0 Å². The quantitative estimate of drug-likeness (QED) is 0.408. The molecule has 1 aliphatic carbocycles. The fourth-order valence-electron chi connectivity index (χ4n) is 7.33. The number of nitrogens with zero attached hydrogens (tertiary/aromatic N) is 3. The first kappa shape index (κ1) is 24.5. The van der Waals surface area contributed by atoms with Crippen LogP contribution in [0.4, 0.5) is 5.69 Å². The van der Waals surface area contributed by atoms with Gasteiger partial charge in [0.1, 0.15) is 0 Å². The molecule has 0 radical (unpaired) electrons. The van der Waals surface area contributed by atoms with Crippen LogP contribution in [0.3, 0.4) is 0 Å². The van der Waals surface area contributed by atoms with Gasteiger partial charge in [-0.25, -0.2) is 4.79 Å². The van der Waals surface area contributed by atoms with Gasteiger partial charge in [-0.1, -0.05) is 43.9 Å². The lowest BCUT2D eigenvalue weighted by Crippen LogP contribution is -2.39. The number of rotatable bonds is 5. The molecule has 0 spiro atoms. The van der Waals surface area contributed by atoms with E-state index >= 15 is 0 Å². The van der Waals surface area contributed by atoms with Crippen LogP contribution in [0.1, 0.15) is 85.2 Å². The van der Waals surface area contributed by atoms with Crippen molar-refractivity contribution in [3.8, 4) is 11.3 Å². The molecule has 5 heteroatoms. The molecule has 1 atom stereocenters. The summed E-state index contributed by atoms with van der Waals surface area (Å²) in [5.74, 6) is -0.306. The molecule has 3 aliphatic rings.